The Labute approximate surface area is 149 Å². The van der Waals surface area contributed by atoms with Crippen LogP contribution in [0.2, 0.25) is 0 Å². The highest BCUT2D eigenvalue weighted by Crippen LogP contribution is 2.56. The topological polar surface area (TPSA) is 62.1 Å². The van der Waals surface area contributed by atoms with E-state index in [2.05, 4.69) is 40.6 Å². The molecule has 2 aromatic heterocycles. The Kier molecular flexibility index (Phi) is 3.80. The maximum absolute atomic E-state index is 10.5. The summed E-state index contributed by atoms with van der Waals surface area (Å²) in [6, 6.07) is 3.85. The van der Waals surface area contributed by atoms with Gasteiger partial charge in [0, 0.05) is 36.3 Å². The van der Waals surface area contributed by atoms with Gasteiger partial charge in [-0.3, -0.25) is 4.98 Å². The average molecular weight is 338 g/mol. The van der Waals surface area contributed by atoms with Crippen molar-refractivity contribution in [3.8, 4) is 0 Å². The zero-order valence-electron chi connectivity index (χ0n) is 15.2. The second-order valence-corrected chi connectivity index (χ2v) is 8.77. The molecule has 4 rings (SSSR count). The van der Waals surface area contributed by atoms with Crippen molar-refractivity contribution >= 4 is 5.69 Å². The van der Waals surface area contributed by atoms with E-state index in [-0.39, 0.29) is 11.5 Å². The molecule has 25 heavy (non-hydrogen) atoms. The van der Waals surface area contributed by atoms with E-state index >= 15 is 0 Å². The molecule has 1 atom stereocenters. The summed E-state index contributed by atoms with van der Waals surface area (Å²) in [7, 11) is 0. The Morgan fingerprint density at radius 2 is 1.84 bits per heavy atom. The Morgan fingerprint density at radius 3 is 2.40 bits per heavy atom. The molecule has 1 aliphatic carbocycles. The average Bonchev–Trinajstić information content (AvgIpc) is 2.52. The minimum Gasteiger partial charge on any atom is -0.388 e. The third-order valence-electron chi connectivity index (χ3n) is 5.59. The van der Waals surface area contributed by atoms with E-state index in [1.165, 1.54) is 0 Å². The minimum absolute atomic E-state index is 0.0155. The van der Waals surface area contributed by atoms with Gasteiger partial charge in [-0.15, -0.1) is 0 Å². The molecule has 1 N–H and O–H groups in total. The number of pyridine rings is 1. The molecular weight excluding hydrogens is 312 g/mol. The van der Waals surface area contributed by atoms with Crippen molar-refractivity contribution in [2.75, 3.05) is 18.0 Å². The van der Waals surface area contributed by atoms with Crippen LogP contribution in [0.4, 0.5) is 5.69 Å². The van der Waals surface area contributed by atoms with Gasteiger partial charge in [-0.25, -0.2) is 9.97 Å². The lowest BCUT2D eigenvalue weighted by atomic mass is 9.56. The first-order valence-electron chi connectivity index (χ1n) is 9.02. The maximum Gasteiger partial charge on any atom is 0.133 e. The summed E-state index contributed by atoms with van der Waals surface area (Å²) in [4.78, 5) is 15.5. The van der Waals surface area contributed by atoms with Crippen molar-refractivity contribution < 1.29 is 5.11 Å². The fourth-order valence-corrected chi connectivity index (χ4v) is 4.17. The number of rotatable bonds is 3. The van der Waals surface area contributed by atoms with Gasteiger partial charge in [0.2, 0.25) is 0 Å². The molecule has 1 spiro atoms. The third-order valence-corrected chi connectivity index (χ3v) is 5.59. The summed E-state index contributed by atoms with van der Waals surface area (Å²) >= 11 is 0. The molecule has 3 heterocycles. The first kappa shape index (κ1) is 16.5. The molecule has 132 valence electrons. The van der Waals surface area contributed by atoms with Crippen LogP contribution in [0.25, 0.3) is 0 Å². The van der Waals surface area contributed by atoms with Gasteiger partial charge >= 0.3 is 0 Å². The van der Waals surface area contributed by atoms with Gasteiger partial charge in [0.05, 0.1) is 24.2 Å². The molecule has 0 amide bonds. The van der Waals surface area contributed by atoms with Gasteiger partial charge in [0.1, 0.15) is 5.82 Å². The Hall–Kier alpha value is -2.01. The zero-order chi connectivity index (χ0) is 17.7. The van der Waals surface area contributed by atoms with E-state index < -0.39 is 0 Å². The molecule has 0 radical (unpaired) electrons. The summed E-state index contributed by atoms with van der Waals surface area (Å²) in [6.45, 7) is 8.47. The van der Waals surface area contributed by atoms with Crippen molar-refractivity contribution in [2.24, 2.45) is 11.3 Å². The smallest absolute Gasteiger partial charge is 0.133 e. The van der Waals surface area contributed by atoms with Crippen LogP contribution in [0, 0.1) is 11.3 Å². The highest BCUT2D eigenvalue weighted by atomic mass is 16.3. The third kappa shape index (κ3) is 3.01. The molecule has 1 saturated heterocycles. The lowest BCUT2D eigenvalue weighted by Crippen LogP contribution is -2.63. The van der Waals surface area contributed by atoms with Crippen LogP contribution in [0.5, 0.6) is 0 Å². The number of nitrogens with zero attached hydrogens (tertiary/aromatic N) is 4. The molecule has 2 aromatic rings. The summed E-state index contributed by atoms with van der Waals surface area (Å²) in [5.41, 5.74) is 2.40. The molecule has 5 nitrogen and oxygen atoms in total. The predicted octanol–water partition coefficient (Wildman–Crippen LogP) is 3.12. The van der Waals surface area contributed by atoms with Crippen LogP contribution in [0.15, 0.2) is 36.9 Å². The number of aromatic nitrogens is 3. The quantitative estimate of drug-likeness (QED) is 0.932. The molecule has 0 bridgehead atoms. The van der Waals surface area contributed by atoms with Gasteiger partial charge in [-0.2, -0.15) is 0 Å². The molecule has 1 saturated carbocycles. The van der Waals surface area contributed by atoms with E-state index in [1.807, 2.05) is 24.5 Å². The second kappa shape index (κ2) is 5.77. The highest BCUT2D eigenvalue weighted by Gasteiger charge is 2.54. The summed E-state index contributed by atoms with van der Waals surface area (Å²) in [5, 5.41) is 10.5. The zero-order valence-corrected chi connectivity index (χ0v) is 15.2. The number of anilines is 1. The lowest BCUT2D eigenvalue weighted by Gasteiger charge is -2.60. The van der Waals surface area contributed by atoms with Gasteiger partial charge < -0.3 is 10.0 Å². The van der Waals surface area contributed by atoms with Crippen LogP contribution in [-0.2, 0) is 5.41 Å². The number of aliphatic hydroxyl groups is 1. The Morgan fingerprint density at radius 1 is 1.16 bits per heavy atom. The highest BCUT2D eigenvalue weighted by molar-refractivity contribution is 5.47. The second-order valence-electron chi connectivity index (χ2n) is 8.77. The summed E-state index contributed by atoms with van der Waals surface area (Å²) < 4.78 is 0. The molecule has 2 fully saturated rings. The van der Waals surface area contributed by atoms with E-state index in [9.17, 15) is 5.11 Å². The van der Waals surface area contributed by atoms with Gasteiger partial charge in [0.15, 0.2) is 0 Å². The van der Waals surface area contributed by atoms with Crippen LogP contribution >= 0.6 is 0 Å². The first-order chi connectivity index (χ1) is 11.9. The maximum atomic E-state index is 10.5. The largest absolute Gasteiger partial charge is 0.388 e. The lowest BCUT2D eigenvalue weighted by molar-refractivity contribution is -0.0510. The summed E-state index contributed by atoms with van der Waals surface area (Å²) in [6.07, 6.45) is 9.19. The van der Waals surface area contributed by atoms with Crippen molar-refractivity contribution in [2.45, 2.75) is 45.1 Å². The van der Waals surface area contributed by atoms with Crippen LogP contribution in [-0.4, -0.2) is 33.1 Å². The van der Waals surface area contributed by atoms with Gasteiger partial charge in [-0.05, 0) is 30.4 Å². The Balaban J connectivity index is 1.33. The van der Waals surface area contributed by atoms with E-state index in [0.29, 0.717) is 11.3 Å². The number of hydrogen-bond acceptors (Lipinski definition) is 5. The molecule has 1 aliphatic heterocycles. The SMILES string of the molecule is CC(C)(C)c1ncc(N2CC3(CC(C(O)c4cccnc4)C3)C2)cn1. The van der Waals surface area contributed by atoms with Crippen molar-refractivity contribution in [1.82, 2.24) is 15.0 Å². The monoisotopic (exact) mass is 338 g/mol. The Bertz CT molecular complexity index is 725. The van der Waals surface area contributed by atoms with E-state index in [4.69, 9.17) is 0 Å². The fourth-order valence-electron chi connectivity index (χ4n) is 4.17. The predicted molar refractivity (Wildman–Crippen MR) is 97.3 cm³/mol. The van der Waals surface area contributed by atoms with Crippen molar-refractivity contribution in [3.05, 3.63) is 48.3 Å². The molecule has 5 heteroatoms. The van der Waals surface area contributed by atoms with Gasteiger partial charge in [0.25, 0.3) is 0 Å². The van der Waals surface area contributed by atoms with Crippen molar-refractivity contribution in [1.29, 1.82) is 0 Å². The minimum atomic E-state index is -0.386. The number of hydrogen-bond donors (Lipinski definition) is 1. The van der Waals surface area contributed by atoms with Gasteiger partial charge in [-0.1, -0.05) is 26.8 Å². The summed E-state index contributed by atoms with van der Waals surface area (Å²) in [5.74, 6) is 1.24. The fraction of sp³-hybridized carbons (Fsp3) is 0.550. The van der Waals surface area contributed by atoms with Crippen LogP contribution in [0.1, 0.15) is 51.1 Å². The van der Waals surface area contributed by atoms with Crippen LogP contribution < -0.4 is 4.90 Å². The molecule has 1 unspecified atom stereocenters. The normalized spacial score (nSPS) is 20.9. The van der Waals surface area contributed by atoms with E-state index in [1.54, 1.807) is 12.4 Å². The molecule has 0 aromatic carbocycles. The standard InChI is InChI=1S/C20H26N4O/c1-19(2,3)18-22-10-16(11-23-18)24-12-20(13-24)7-15(8-20)17(25)14-5-4-6-21-9-14/h4-6,9-11,15,17,25H,7-8,12-13H2,1-3H3. The van der Waals surface area contributed by atoms with Crippen molar-refractivity contribution in [3.63, 3.8) is 0 Å². The number of aliphatic hydroxyl groups excluding tert-OH is 1. The van der Waals surface area contributed by atoms with E-state index in [0.717, 1.165) is 43.0 Å². The van der Waals surface area contributed by atoms with Crippen LogP contribution in [0.3, 0.4) is 0 Å². The molecule has 2 aliphatic rings. The first-order valence-corrected chi connectivity index (χ1v) is 9.02. The molecular formula is C20H26N4O.